The number of halogens is 2. The predicted molar refractivity (Wildman–Crippen MR) is 80.6 cm³/mol. The van der Waals surface area contributed by atoms with Crippen molar-refractivity contribution in [1.29, 1.82) is 0 Å². The number of benzene rings is 1. The van der Waals surface area contributed by atoms with Crippen molar-refractivity contribution in [3.05, 3.63) is 51.8 Å². The molecule has 20 heavy (non-hydrogen) atoms. The normalized spacial score (nSPS) is 10.4. The van der Waals surface area contributed by atoms with E-state index in [4.69, 9.17) is 23.2 Å². The number of rotatable bonds is 3. The van der Waals surface area contributed by atoms with Crippen LogP contribution >= 0.6 is 23.2 Å². The molecule has 4 nitrogen and oxygen atoms in total. The zero-order valence-electron chi connectivity index (χ0n) is 11.1. The van der Waals surface area contributed by atoms with Gasteiger partial charge in [0.25, 0.3) is 5.91 Å². The van der Waals surface area contributed by atoms with E-state index in [9.17, 15) is 4.79 Å². The van der Waals surface area contributed by atoms with Crippen molar-refractivity contribution >= 4 is 34.8 Å². The Labute approximate surface area is 127 Å². The van der Waals surface area contributed by atoms with Crippen molar-refractivity contribution in [3.8, 4) is 0 Å². The third-order valence-corrected chi connectivity index (χ3v) is 3.45. The zero-order valence-corrected chi connectivity index (χ0v) is 12.6. The van der Waals surface area contributed by atoms with Crippen LogP contribution in [0.3, 0.4) is 0 Å². The first-order valence-electron chi connectivity index (χ1n) is 6.08. The van der Waals surface area contributed by atoms with E-state index in [0.717, 1.165) is 12.1 Å². The Balaban J connectivity index is 2.29. The minimum Gasteiger partial charge on any atom is -0.311 e. The molecule has 0 aliphatic rings. The number of hydrogen-bond donors (Lipinski definition) is 0. The summed E-state index contributed by atoms with van der Waals surface area (Å²) in [7, 11) is 1.67. The first kappa shape index (κ1) is 14.8. The number of amides is 1. The van der Waals surface area contributed by atoms with Gasteiger partial charge in [0.2, 0.25) is 0 Å². The fourth-order valence-corrected chi connectivity index (χ4v) is 2.08. The number of carbonyl (C=O) groups is 1. The summed E-state index contributed by atoms with van der Waals surface area (Å²) >= 11 is 11.6. The van der Waals surface area contributed by atoms with Crippen LogP contribution in [0.25, 0.3) is 0 Å². The van der Waals surface area contributed by atoms with Gasteiger partial charge in [-0.3, -0.25) is 4.79 Å². The van der Waals surface area contributed by atoms with Crippen LogP contribution in [0.1, 0.15) is 22.8 Å². The first-order chi connectivity index (χ1) is 9.52. The molecule has 0 saturated heterocycles. The Morgan fingerprint density at radius 1 is 1.20 bits per heavy atom. The SMILES string of the molecule is CCc1ccc(N(C)C(=O)c2cc(Cl)nnc2Cl)cc1. The fourth-order valence-electron chi connectivity index (χ4n) is 1.76. The number of anilines is 1. The van der Waals surface area contributed by atoms with Crippen molar-refractivity contribution in [1.82, 2.24) is 10.2 Å². The van der Waals surface area contributed by atoms with Gasteiger partial charge in [-0.05, 0) is 30.2 Å². The van der Waals surface area contributed by atoms with Crippen molar-refractivity contribution in [2.24, 2.45) is 0 Å². The molecule has 0 saturated carbocycles. The molecule has 104 valence electrons. The van der Waals surface area contributed by atoms with Crippen LogP contribution in [0, 0.1) is 0 Å². The first-order valence-corrected chi connectivity index (χ1v) is 6.84. The highest BCUT2D eigenvalue weighted by Gasteiger charge is 2.18. The quantitative estimate of drug-likeness (QED) is 0.870. The molecular weight excluding hydrogens is 297 g/mol. The minimum atomic E-state index is -0.281. The summed E-state index contributed by atoms with van der Waals surface area (Å²) in [4.78, 5) is 13.9. The van der Waals surface area contributed by atoms with Gasteiger partial charge < -0.3 is 4.90 Å². The van der Waals surface area contributed by atoms with E-state index >= 15 is 0 Å². The monoisotopic (exact) mass is 309 g/mol. The molecule has 0 bridgehead atoms. The molecule has 1 aromatic carbocycles. The summed E-state index contributed by atoms with van der Waals surface area (Å²) in [6, 6.07) is 9.16. The smallest absolute Gasteiger partial charge is 0.261 e. The molecule has 0 unspecified atom stereocenters. The van der Waals surface area contributed by atoms with Crippen LogP contribution in [0.2, 0.25) is 10.3 Å². The summed E-state index contributed by atoms with van der Waals surface area (Å²) in [5.41, 5.74) is 2.21. The Morgan fingerprint density at radius 2 is 1.85 bits per heavy atom. The number of aryl methyl sites for hydroxylation is 1. The second-order valence-corrected chi connectivity index (χ2v) is 5.00. The number of hydrogen-bond acceptors (Lipinski definition) is 3. The standard InChI is InChI=1S/C14H13Cl2N3O/c1-3-9-4-6-10(7-5-9)19(2)14(20)11-8-12(15)17-18-13(11)16/h4-8H,3H2,1-2H3. The largest absolute Gasteiger partial charge is 0.311 e. The van der Waals surface area contributed by atoms with Gasteiger partial charge in [0.05, 0.1) is 5.56 Å². The molecule has 0 radical (unpaired) electrons. The van der Waals surface area contributed by atoms with Gasteiger partial charge in [-0.15, -0.1) is 10.2 Å². The van der Waals surface area contributed by atoms with Crippen LogP contribution in [0.4, 0.5) is 5.69 Å². The molecule has 2 rings (SSSR count). The molecule has 0 fully saturated rings. The Morgan fingerprint density at radius 3 is 2.45 bits per heavy atom. The van der Waals surface area contributed by atoms with Crippen LogP contribution in [-0.4, -0.2) is 23.2 Å². The summed E-state index contributed by atoms with van der Waals surface area (Å²) in [6.45, 7) is 2.08. The van der Waals surface area contributed by atoms with Crippen molar-refractivity contribution in [2.75, 3.05) is 11.9 Å². The molecule has 0 spiro atoms. The van der Waals surface area contributed by atoms with Gasteiger partial charge in [-0.25, -0.2) is 0 Å². The van der Waals surface area contributed by atoms with Crippen molar-refractivity contribution in [2.45, 2.75) is 13.3 Å². The van der Waals surface area contributed by atoms with Crippen molar-refractivity contribution in [3.63, 3.8) is 0 Å². The summed E-state index contributed by atoms with van der Waals surface area (Å²) < 4.78 is 0. The molecule has 0 aliphatic carbocycles. The number of nitrogens with zero attached hydrogens (tertiary/aromatic N) is 3. The fraction of sp³-hybridized carbons (Fsp3) is 0.214. The van der Waals surface area contributed by atoms with Crippen molar-refractivity contribution < 1.29 is 4.79 Å². The van der Waals surface area contributed by atoms with Gasteiger partial charge in [0.1, 0.15) is 0 Å². The molecule has 0 N–H and O–H groups in total. The van der Waals surface area contributed by atoms with E-state index in [1.54, 1.807) is 7.05 Å². The molecule has 0 atom stereocenters. The van der Waals surface area contributed by atoms with Gasteiger partial charge in [0.15, 0.2) is 10.3 Å². The van der Waals surface area contributed by atoms with Crippen LogP contribution < -0.4 is 4.90 Å². The Kier molecular flexibility index (Phi) is 4.57. The lowest BCUT2D eigenvalue weighted by Gasteiger charge is -2.18. The zero-order chi connectivity index (χ0) is 14.7. The van der Waals surface area contributed by atoms with E-state index in [0.29, 0.717) is 0 Å². The maximum Gasteiger partial charge on any atom is 0.261 e. The van der Waals surface area contributed by atoms with Gasteiger partial charge in [-0.2, -0.15) is 0 Å². The molecular formula is C14H13Cl2N3O. The van der Waals surface area contributed by atoms with Crippen LogP contribution in [0.15, 0.2) is 30.3 Å². The van der Waals surface area contributed by atoms with E-state index in [1.165, 1.54) is 16.5 Å². The molecule has 0 aliphatic heterocycles. The maximum atomic E-state index is 12.4. The lowest BCUT2D eigenvalue weighted by molar-refractivity contribution is 0.0992. The van der Waals surface area contributed by atoms with Gasteiger partial charge in [-0.1, -0.05) is 42.3 Å². The van der Waals surface area contributed by atoms with E-state index < -0.39 is 0 Å². The molecule has 1 aromatic heterocycles. The second-order valence-electron chi connectivity index (χ2n) is 4.26. The number of aromatic nitrogens is 2. The summed E-state index contributed by atoms with van der Waals surface area (Å²) in [5, 5.41) is 7.40. The highest BCUT2D eigenvalue weighted by atomic mass is 35.5. The molecule has 6 heteroatoms. The Bertz CT molecular complexity index is 629. The topological polar surface area (TPSA) is 46.1 Å². The minimum absolute atomic E-state index is 0.0384. The summed E-state index contributed by atoms with van der Waals surface area (Å²) in [5.74, 6) is -0.281. The third-order valence-electron chi connectivity index (χ3n) is 2.99. The van der Waals surface area contributed by atoms with Crippen LogP contribution in [-0.2, 0) is 6.42 Å². The van der Waals surface area contributed by atoms with Gasteiger partial charge in [0, 0.05) is 12.7 Å². The maximum absolute atomic E-state index is 12.4. The molecule has 2 aromatic rings. The molecule has 1 heterocycles. The molecule has 1 amide bonds. The van der Waals surface area contributed by atoms with E-state index in [1.807, 2.05) is 24.3 Å². The van der Waals surface area contributed by atoms with Gasteiger partial charge >= 0.3 is 0 Å². The van der Waals surface area contributed by atoms with E-state index in [2.05, 4.69) is 17.1 Å². The number of carbonyl (C=O) groups excluding carboxylic acids is 1. The highest BCUT2D eigenvalue weighted by molar-refractivity contribution is 6.34. The highest BCUT2D eigenvalue weighted by Crippen LogP contribution is 2.21. The third kappa shape index (κ3) is 3.08. The van der Waals surface area contributed by atoms with E-state index in [-0.39, 0.29) is 21.8 Å². The lowest BCUT2D eigenvalue weighted by atomic mass is 10.1. The Hall–Kier alpha value is -1.65. The predicted octanol–water partition coefficient (Wildman–Crippen LogP) is 3.62. The average Bonchev–Trinajstić information content (AvgIpc) is 2.48. The summed E-state index contributed by atoms with van der Waals surface area (Å²) in [6.07, 6.45) is 0.952. The second kappa shape index (κ2) is 6.20. The van der Waals surface area contributed by atoms with Crippen LogP contribution in [0.5, 0.6) is 0 Å². The lowest BCUT2D eigenvalue weighted by Crippen LogP contribution is -2.26. The average molecular weight is 310 g/mol.